The summed E-state index contributed by atoms with van der Waals surface area (Å²) in [7, 11) is 0. The van der Waals surface area contributed by atoms with Crippen molar-refractivity contribution >= 4 is 16.7 Å². The number of anilines is 1. The first-order valence-electron chi connectivity index (χ1n) is 8.83. The minimum absolute atomic E-state index is 0.458. The summed E-state index contributed by atoms with van der Waals surface area (Å²) in [5, 5.41) is 0.964. The Labute approximate surface area is 137 Å². The van der Waals surface area contributed by atoms with Gasteiger partial charge in [0, 0.05) is 18.3 Å². The molecule has 0 spiro atoms. The molecule has 2 aliphatic rings. The summed E-state index contributed by atoms with van der Waals surface area (Å²) in [5.74, 6) is 0.768. The van der Waals surface area contributed by atoms with Gasteiger partial charge in [0.15, 0.2) is 0 Å². The maximum atomic E-state index is 13.9. The van der Waals surface area contributed by atoms with Crippen molar-refractivity contribution in [1.82, 2.24) is 15.0 Å². The average Bonchev–Trinajstić information content (AvgIpc) is 2.84. The van der Waals surface area contributed by atoms with E-state index >= 15 is 0 Å². The zero-order valence-electron chi connectivity index (χ0n) is 14.3. The molecule has 0 amide bonds. The standard InChI is InChI=1S/C16H19FN4.C2H6/c1-10-9-13-14-12(18-10)7-6-11-5-3-2-4-8-21(11)15(14)20-16(17)19-13;1-2/h9,11H,2-8H2,1H3;1-2H3. The average molecular weight is 316 g/mol. The highest BCUT2D eigenvalue weighted by atomic mass is 19.1. The molecule has 2 aromatic rings. The summed E-state index contributed by atoms with van der Waals surface area (Å²) in [6.45, 7) is 6.91. The Kier molecular flexibility index (Phi) is 4.74. The van der Waals surface area contributed by atoms with E-state index in [4.69, 9.17) is 0 Å². The lowest BCUT2D eigenvalue weighted by atomic mass is 10.0. The van der Waals surface area contributed by atoms with Gasteiger partial charge in [0.25, 0.3) is 0 Å². The van der Waals surface area contributed by atoms with Crippen molar-refractivity contribution in [1.29, 1.82) is 0 Å². The van der Waals surface area contributed by atoms with Crippen LogP contribution in [0.25, 0.3) is 10.9 Å². The Morgan fingerprint density at radius 3 is 2.74 bits per heavy atom. The van der Waals surface area contributed by atoms with Gasteiger partial charge < -0.3 is 4.90 Å². The predicted molar refractivity (Wildman–Crippen MR) is 91.3 cm³/mol. The quantitative estimate of drug-likeness (QED) is 0.683. The van der Waals surface area contributed by atoms with Crippen LogP contribution in [0.5, 0.6) is 0 Å². The fraction of sp³-hybridized carbons (Fsp3) is 0.611. The molecule has 4 nitrogen and oxygen atoms in total. The Bertz CT molecular complexity index is 696. The SMILES string of the molecule is CC.Cc1cc2nc(F)nc3c2c(n1)CCC1CCCCCN31. The summed E-state index contributed by atoms with van der Waals surface area (Å²) < 4.78 is 13.9. The lowest BCUT2D eigenvalue weighted by molar-refractivity contribution is 0.519. The Morgan fingerprint density at radius 2 is 1.91 bits per heavy atom. The molecule has 0 radical (unpaired) electrons. The third kappa shape index (κ3) is 3.01. The lowest BCUT2D eigenvalue weighted by Crippen LogP contribution is -2.35. The summed E-state index contributed by atoms with van der Waals surface area (Å²) in [6.07, 6.45) is 6.20. The van der Waals surface area contributed by atoms with E-state index in [0.717, 1.165) is 48.4 Å². The number of nitrogens with zero attached hydrogens (tertiary/aromatic N) is 4. The Morgan fingerprint density at radius 1 is 1.09 bits per heavy atom. The van der Waals surface area contributed by atoms with Crippen LogP contribution >= 0.6 is 0 Å². The second kappa shape index (κ2) is 6.77. The molecule has 1 saturated heterocycles. The molecule has 0 bridgehead atoms. The van der Waals surface area contributed by atoms with Crippen molar-refractivity contribution in [3.05, 3.63) is 23.5 Å². The summed E-state index contributed by atoms with van der Waals surface area (Å²) in [6, 6.07) is 2.32. The molecular weight excluding hydrogens is 291 g/mol. The van der Waals surface area contributed by atoms with Crippen molar-refractivity contribution in [2.24, 2.45) is 0 Å². The van der Waals surface area contributed by atoms with Gasteiger partial charge in [-0.1, -0.05) is 26.7 Å². The first-order valence-corrected chi connectivity index (χ1v) is 8.83. The van der Waals surface area contributed by atoms with E-state index in [0.29, 0.717) is 11.6 Å². The fourth-order valence-electron chi connectivity index (χ4n) is 3.77. The minimum Gasteiger partial charge on any atom is -0.353 e. The molecule has 2 aliphatic heterocycles. The van der Waals surface area contributed by atoms with Crippen LogP contribution in [0.15, 0.2) is 6.07 Å². The van der Waals surface area contributed by atoms with E-state index in [2.05, 4.69) is 19.9 Å². The lowest BCUT2D eigenvalue weighted by Gasteiger charge is -2.29. The first kappa shape index (κ1) is 16.1. The number of aryl methyl sites for hydroxylation is 2. The van der Waals surface area contributed by atoms with E-state index in [1.54, 1.807) is 0 Å². The van der Waals surface area contributed by atoms with E-state index in [9.17, 15) is 4.39 Å². The molecule has 1 unspecified atom stereocenters. The highest BCUT2D eigenvalue weighted by Crippen LogP contribution is 2.35. The van der Waals surface area contributed by atoms with Gasteiger partial charge in [-0.3, -0.25) is 4.98 Å². The third-order valence-corrected chi connectivity index (χ3v) is 4.70. The van der Waals surface area contributed by atoms with Gasteiger partial charge in [0.2, 0.25) is 0 Å². The summed E-state index contributed by atoms with van der Waals surface area (Å²) in [4.78, 5) is 15.1. The Balaban J connectivity index is 0.000000753. The molecule has 124 valence electrons. The zero-order chi connectivity index (χ0) is 16.4. The molecule has 0 aliphatic carbocycles. The molecule has 0 saturated carbocycles. The topological polar surface area (TPSA) is 41.9 Å². The van der Waals surface area contributed by atoms with Crippen LogP contribution in [0.1, 0.15) is 57.3 Å². The molecule has 1 fully saturated rings. The van der Waals surface area contributed by atoms with Crippen LogP contribution in [-0.2, 0) is 6.42 Å². The minimum atomic E-state index is -0.626. The van der Waals surface area contributed by atoms with Gasteiger partial charge in [0.05, 0.1) is 16.6 Å². The number of rotatable bonds is 0. The third-order valence-electron chi connectivity index (χ3n) is 4.70. The maximum Gasteiger partial charge on any atom is 0.311 e. The number of aromatic nitrogens is 3. The van der Waals surface area contributed by atoms with E-state index in [1.807, 2.05) is 26.8 Å². The number of fused-ring (bicyclic) bond motifs is 2. The van der Waals surface area contributed by atoms with Crippen LogP contribution in [-0.4, -0.2) is 27.5 Å². The van der Waals surface area contributed by atoms with Crippen LogP contribution in [0, 0.1) is 13.0 Å². The van der Waals surface area contributed by atoms with E-state index in [-0.39, 0.29) is 0 Å². The predicted octanol–water partition coefficient (Wildman–Crippen LogP) is 4.19. The van der Waals surface area contributed by atoms with Gasteiger partial charge in [-0.15, -0.1) is 0 Å². The highest BCUT2D eigenvalue weighted by molar-refractivity contribution is 5.92. The van der Waals surface area contributed by atoms with Crippen LogP contribution < -0.4 is 4.90 Å². The van der Waals surface area contributed by atoms with E-state index < -0.39 is 6.08 Å². The van der Waals surface area contributed by atoms with Crippen molar-refractivity contribution < 1.29 is 4.39 Å². The molecule has 2 aromatic heterocycles. The number of hydrogen-bond donors (Lipinski definition) is 0. The normalized spacial score (nSPS) is 20.2. The molecule has 0 N–H and O–H groups in total. The molecule has 5 heteroatoms. The second-order valence-corrected chi connectivity index (χ2v) is 6.16. The maximum absolute atomic E-state index is 13.9. The van der Waals surface area contributed by atoms with Crippen LogP contribution in [0.2, 0.25) is 0 Å². The first-order chi connectivity index (χ1) is 11.2. The van der Waals surface area contributed by atoms with Crippen molar-refractivity contribution in [2.45, 2.75) is 65.3 Å². The summed E-state index contributed by atoms with van der Waals surface area (Å²) >= 11 is 0. The van der Waals surface area contributed by atoms with Gasteiger partial charge in [-0.05, 0) is 38.7 Å². The van der Waals surface area contributed by atoms with Crippen LogP contribution in [0.3, 0.4) is 0 Å². The van der Waals surface area contributed by atoms with Gasteiger partial charge in [-0.25, -0.2) is 4.98 Å². The van der Waals surface area contributed by atoms with Crippen molar-refractivity contribution in [2.75, 3.05) is 11.4 Å². The largest absolute Gasteiger partial charge is 0.353 e. The summed E-state index contributed by atoms with van der Waals surface area (Å²) in [5.41, 5.74) is 2.64. The molecule has 4 heterocycles. The number of halogens is 1. The zero-order valence-corrected chi connectivity index (χ0v) is 14.3. The smallest absolute Gasteiger partial charge is 0.311 e. The molecule has 1 atom stereocenters. The molecular formula is C18H25FN4. The Hall–Kier alpha value is -1.78. The second-order valence-electron chi connectivity index (χ2n) is 6.16. The fourth-order valence-corrected chi connectivity index (χ4v) is 3.77. The van der Waals surface area contributed by atoms with Crippen molar-refractivity contribution in [3.8, 4) is 0 Å². The molecule has 0 aromatic carbocycles. The van der Waals surface area contributed by atoms with E-state index in [1.165, 1.54) is 19.3 Å². The van der Waals surface area contributed by atoms with Gasteiger partial charge in [-0.2, -0.15) is 9.37 Å². The van der Waals surface area contributed by atoms with Crippen molar-refractivity contribution in [3.63, 3.8) is 0 Å². The van der Waals surface area contributed by atoms with Gasteiger partial charge >= 0.3 is 6.08 Å². The monoisotopic (exact) mass is 316 g/mol. The molecule has 4 rings (SSSR count). The molecule has 23 heavy (non-hydrogen) atoms. The van der Waals surface area contributed by atoms with Crippen LogP contribution in [0.4, 0.5) is 10.2 Å². The number of hydrogen-bond acceptors (Lipinski definition) is 4. The highest BCUT2D eigenvalue weighted by Gasteiger charge is 2.29. The number of pyridine rings is 1. The van der Waals surface area contributed by atoms with Gasteiger partial charge in [0.1, 0.15) is 5.82 Å².